The fourth-order valence-electron chi connectivity index (χ4n) is 1.75. The van der Waals surface area contributed by atoms with Crippen LogP contribution < -0.4 is 15.8 Å². The number of carbonyl (C=O) groups excluding carboxylic acids is 2. The number of primary amides is 1. The van der Waals surface area contributed by atoms with Crippen molar-refractivity contribution in [2.45, 2.75) is 13.0 Å². The van der Waals surface area contributed by atoms with Gasteiger partial charge in [-0.1, -0.05) is 18.2 Å². The number of hydrogen-bond acceptors (Lipinski definition) is 5. The van der Waals surface area contributed by atoms with E-state index in [2.05, 4.69) is 5.32 Å². The molecule has 3 N–H and O–H groups in total. The summed E-state index contributed by atoms with van der Waals surface area (Å²) >= 11 is 0. The van der Waals surface area contributed by atoms with Gasteiger partial charge in [0, 0.05) is 11.4 Å². The zero-order valence-electron chi connectivity index (χ0n) is 12.7. The number of nitrogens with two attached hydrogens (primary N) is 1. The minimum Gasteiger partial charge on any atom is -0.482 e. The van der Waals surface area contributed by atoms with Crippen molar-refractivity contribution in [1.29, 1.82) is 0 Å². The summed E-state index contributed by atoms with van der Waals surface area (Å²) in [5, 5.41) is 3.24. The molecule has 0 aromatic heterocycles. The van der Waals surface area contributed by atoms with Gasteiger partial charge in [0.1, 0.15) is 5.75 Å². The zero-order chi connectivity index (χ0) is 16.7. The Morgan fingerprint density at radius 3 is 2.26 bits per heavy atom. The second-order valence-corrected chi connectivity index (χ2v) is 4.84. The minimum absolute atomic E-state index is 0.289. The SMILES string of the molecule is CC(OC(=O)COc1ccc(Nc2ccccc2)cc1)C(N)=O. The highest BCUT2D eigenvalue weighted by molar-refractivity contribution is 5.82. The molecule has 0 aliphatic heterocycles. The Hall–Kier alpha value is -3.02. The van der Waals surface area contributed by atoms with Crippen LogP contribution in [0.15, 0.2) is 54.6 Å². The Morgan fingerprint density at radius 1 is 1.04 bits per heavy atom. The van der Waals surface area contributed by atoms with E-state index >= 15 is 0 Å². The van der Waals surface area contributed by atoms with Gasteiger partial charge in [0.25, 0.3) is 5.91 Å². The van der Waals surface area contributed by atoms with Crippen LogP contribution in [0.25, 0.3) is 0 Å². The summed E-state index contributed by atoms with van der Waals surface area (Å²) in [5.74, 6) is -0.829. The van der Waals surface area contributed by atoms with Crippen LogP contribution in [0.3, 0.4) is 0 Å². The monoisotopic (exact) mass is 314 g/mol. The highest BCUT2D eigenvalue weighted by Gasteiger charge is 2.14. The molecular weight excluding hydrogens is 296 g/mol. The van der Waals surface area contributed by atoms with E-state index in [0.717, 1.165) is 11.4 Å². The number of rotatable bonds is 7. The molecule has 0 bridgehead atoms. The summed E-state index contributed by atoms with van der Waals surface area (Å²) in [5.41, 5.74) is 6.88. The lowest BCUT2D eigenvalue weighted by Crippen LogP contribution is -2.32. The average Bonchev–Trinajstić information content (AvgIpc) is 2.55. The first-order valence-corrected chi connectivity index (χ1v) is 7.08. The second-order valence-electron chi connectivity index (χ2n) is 4.84. The van der Waals surface area contributed by atoms with E-state index in [-0.39, 0.29) is 6.61 Å². The first-order valence-electron chi connectivity index (χ1n) is 7.08. The van der Waals surface area contributed by atoms with Crippen LogP contribution in [0.4, 0.5) is 11.4 Å². The van der Waals surface area contributed by atoms with Crippen molar-refractivity contribution >= 4 is 23.3 Å². The molecule has 0 saturated heterocycles. The van der Waals surface area contributed by atoms with Crippen molar-refractivity contribution < 1.29 is 19.1 Å². The number of anilines is 2. The topological polar surface area (TPSA) is 90.7 Å². The van der Waals surface area contributed by atoms with Gasteiger partial charge in [0.05, 0.1) is 0 Å². The predicted molar refractivity (Wildman–Crippen MR) is 86.4 cm³/mol. The maximum atomic E-state index is 11.5. The molecule has 0 spiro atoms. The third-order valence-corrected chi connectivity index (χ3v) is 2.98. The number of nitrogens with one attached hydrogen (secondary N) is 1. The molecular formula is C17H18N2O4. The molecule has 0 aliphatic rings. The van der Waals surface area contributed by atoms with Crippen LogP contribution in [0.1, 0.15) is 6.92 Å². The van der Waals surface area contributed by atoms with E-state index in [1.165, 1.54) is 6.92 Å². The fourth-order valence-corrected chi connectivity index (χ4v) is 1.75. The van der Waals surface area contributed by atoms with Crippen molar-refractivity contribution in [3.63, 3.8) is 0 Å². The Labute approximate surface area is 134 Å². The summed E-state index contributed by atoms with van der Waals surface area (Å²) in [7, 11) is 0. The van der Waals surface area contributed by atoms with E-state index in [1.807, 2.05) is 42.5 Å². The summed E-state index contributed by atoms with van der Waals surface area (Å²) in [6.45, 7) is 1.12. The quantitative estimate of drug-likeness (QED) is 0.765. The smallest absolute Gasteiger partial charge is 0.344 e. The second kappa shape index (κ2) is 7.84. The van der Waals surface area contributed by atoms with E-state index in [1.54, 1.807) is 12.1 Å². The lowest BCUT2D eigenvalue weighted by atomic mass is 10.2. The van der Waals surface area contributed by atoms with Gasteiger partial charge >= 0.3 is 5.97 Å². The molecule has 2 aromatic rings. The van der Waals surface area contributed by atoms with E-state index < -0.39 is 18.0 Å². The molecule has 1 unspecified atom stereocenters. The summed E-state index contributed by atoms with van der Waals surface area (Å²) in [4.78, 5) is 22.3. The van der Waals surface area contributed by atoms with Crippen molar-refractivity contribution in [3.05, 3.63) is 54.6 Å². The van der Waals surface area contributed by atoms with Crippen LogP contribution >= 0.6 is 0 Å². The number of esters is 1. The van der Waals surface area contributed by atoms with Gasteiger partial charge in [-0.15, -0.1) is 0 Å². The van der Waals surface area contributed by atoms with Gasteiger partial charge in [-0.3, -0.25) is 4.79 Å². The number of hydrogen-bond donors (Lipinski definition) is 2. The molecule has 0 heterocycles. The number of carbonyl (C=O) groups is 2. The molecule has 6 nitrogen and oxygen atoms in total. The molecule has 1 atom stereocenters. The van der Waals surface area contributed by atoms with Crippen LogP contribution in [0.2, 0.25) is 0 Å². The van der Waals surface area contributed by atoms with Crippen molar-refractivity contribution in [3.8, 4) is 5.75 Å². The molecule has 120 valence electrons. The standard InChI is InChI=1S/C17H18N2O4/c1-12(17(18)21)23-16(20)11-22-15-9-7-14(8-10-15)19-13-5-3-2-4-6-13/h2-10,12,19H,11H2,1H3,(H2,18,21). The average molecular weight is 314 g/mol. The van der Waals surface area contributed by atoms with E-state index in [4.69, 9.17) is 15.2 Å². The first kappa shape index (κ1) is 16.4. The Balaban J connectivity index is 1.83. The molecule has 23 heavy (non-hydrogen) atoms. The molecule has 2 rings (SSSR count). The van der Waals surface area contributed by atoms with Crippen LogP contribution in [0.5, 0.6) is 5.75 Å². The number of amides is 1. The van der Waals surface area contributed by atoms with Gasteiger partial charge in [0.2, 0.25) is 0 Å². The predicted octanol–water partition coefficient (Wildman–Crippen LogP) is 2.23. The van der Waals surface area contributed by atoms with Gasteiger partial charge in [-0.2, -0.15) is 0 Å². The molecule has 0 aliphatic carbocycles. The van der Waals surface area contributed by atoms with Gasteiger partial charge < -0.3 is 20.5 Å². The van der Waals surface area contributed by atoms with E-state index in [9.17, 15) is 9.59 Å². The summed E-state index contributed by atoms with van der Waals surface area (Å²) in [6, 6.07) is 16.9. The van der Waals surface area contributed by atoms with Gasteiger partial charge in [-0.25, -0.2) is 4.79 Å². The zero-order valence-corrected chi connectivity index (χ0v) is 12.7. The lowest BCUT2D eigenvalue weighted by Gasteiger charge is -2.11. The molecule has 6 heteroatoms. The number of ether oxygens (including phenoxy) is 2. The van der Waals surface area contributed by atoms with Gasteiger partial charge in [0.15, 0.2) is 12.7 Å². The van der Waals surface area contributed by atoms with Crippen molar-refractivity contribution in [1.82, 2.24) is 0 Å². The van der Waals surface area contributed by atoms with Gasteiger partial charge in [-0.05, 0) is 43.3 Å². The van der Waals surface area contributed by atoms with Crippen LogP contribution in [0, 0.1) is 0 Å². The number of para-hydroxylation sites is 1. The lowest BCUT2D eigenvalue weighted by molar-refractivity contribution is -0.155. The third kappa shape index (κ3) is 5.35. The highest BCUT2D eigenvalue weighted by Crippen LogP contribution is 2.19. The van der Waals surface area contributed by atoms with Crippen molar-refractivity contribution in [2.24, 2.45) is 5.73 Å². The first-order chi connectivity index (χ1) is 11.0. The summed E-state index contributed by atoms with van der Waals surface area (Å²) in [6.07, 6.45) is -0.969. The third-order valence-electron chi connectivity index (χ3n) is 2.98. The Bertz CT molecular complexity index is 656. The summed E-state index contributed by atoms with van der Waals surface area (Å²) < 4.78 is 10.1. The van der Waals surface area contributed by atoms with Crippen molar-refractivity contribution in [2.75, 3.05) is 11.9 Å². The maximum Gasteiger partial charge on any atom is 0.344 e. The molecule has 2 aromatic carbocycles. The molecule has 1 amide bonds. The van der Waals surface area contributed by atoms with Crippen LogP contribution in [-0.2, 0) is 14.3 Å². The Kier molecular flexibility index (Phi) is 5.57. The maximum absolute atomic E-state index is 11.5. The molecule has 0 radical (unpaired) electrons. The highest BCUT2D eigenvalue weighted by atomic mass is 16.6. The molecule has 0 fully saturated rings. The normalized spacial score (nSPS) is 11.3. The minimum atomic E-state index is -0.969. The molecule has 0 saturated carbocycles. The van der Waals surface area contributed by atoms with Crippen LogP contribution in [-0.4, -0.2) is 24.6 Å². The largest absolute Gasteiger partial charge is 0.482 e. The number of benzene rings is 2. The Morgan fingerprint density at radius 2 is 1.65 bits per heavy atom. The van der Waals surface area contributed by atoms with E-state index in [0.29, 0.717) is 5.75 Å². The fraction of sp³-hybridized carbons (Fsp3) is 0.176.